The average Bonchev–Trinajstić information content (AvgIpc) is 2.51. The van der Waals surface area contributed by atoms with Gasteiger partial charge < -0.3 is 10.1 Å². The molecule has 2 fully saturated rings. The Hall–Kier alpha value is -1.39. The van der Waals surface area contributed by atoms with Crippen molar-refractivity contribution >= 4 is 5.91 Å². The summed E-state index contributed by atoms with van der Waals surface area (Å²) in [6.07, 6.45) is 3.80. The number of hydrogen-bond acceptors (Lipinski definition) is 3. The number of hydrogen-bond donors (Lipinski definition) is 1. The van der Waals surface area contributed by atoms with E-state index in [1.54, 1.807) is 0 Å². The SMILES string of the molecule is CC1CN(CC(=O)NCC2(c3ccccc3)CCC2)C(C)CO1. The Labute approximate surface area is 139 Å². The summed E-state index contributed by atoms with van der Waals surface area (Å²) in [5.41, 5.74) is 1.51. The third kappa shape index (κ3) is 3.75. The van der Waals surface area contributed by atoms with E-state index >= 15 is 0 Å². The molecule has 1 aromatic rings. The molecular formula is C19H28N2O2. The van der Waals surface area contributed by atoms with E-state index in [1.165, 1.54) is 24.8 Å². The maximum atomic E-state index is 12.4. The van der Waals surface area contributed by atoms with Gasteiger partial charge in [0.15, 0.2) is 0 Å². The van der Waals surface area contributed by atoms with E-state index in [4.69, 9.17) is 4.74 Å². The van der Waals surface area contributed by atoms with Gasteiger partial charge in [-0.1, -0.05) is 36.8 Å². The molecule has 126 valence electrons. The lowest BCUT2D eigenvalue weighted by atomic mass is 9.64. The van der Waals surface area contributed by atoms with Crippen LogP contribution in [0.25, 0.3) is 0 Å². The summed E-state index contributed by atoms with van der Waals surface area (Å²) in [6.45, 7) is 6.96. The molecule has 1 N–H and O–H groups in total. The number of morpholine rings is 1. The van der Waals surface area contributed by atoms with Crippen molar-refractivity contribution < 1.29 is 9.53 Å². The highest BCUT2D eigenvalue weighted by molar-refractivity contribution is 5.78. The predicted octanol–water partition coefficient (Wildman–Crippen LogP) is 2.33. The summed E-state index contributed by atoms with van der Waals surface area (Å²) in [7, 11) is 0. The van der Waals surface area contributed by atoms with Crippen LogP contribution in [-0.2, 0) is 14.9 Å². The zero-order valence-electron chi connectivity index (χ0n) is 14.3. The van der Waals surface area contributed by atoms with Crippen LogP contribution in [0.2, 0.25) is 0 Å². The monoisotopic (exact) mass is 316 g/mol. The fourth-order valence-corrected chi connectivity index (χ4v) is 3.66. The molecule has 4 heteroatoms. The van der Waals surface area contributed by atoms with Crippen LogP contribution in [0.3, 0.4) is 0 Å². The first-order chi connectivity index (χ1) is 11.1. The number of carbonyl (C=O) groups excluding carboxylic acids is 1. The first-order valence-corrected chi connectivity index (χ1v) is 8.77. The molecule has 2 atom stereocenters. The summed E-state index contributed by atoms with van der Waals surface area (Å²) in [5, 5.41) is 3.19. The zero-order valence-corrected chi connectivity index (χ0v) is 14.3. The molecule has 4 nitrogen and oxygen atoms in total. The molecule has 1 amide bonds. The van der Waals surface area contributed by atoms with Crippen molar-refractivity contribution in [2.24, 2.45) is 0 Å². The van der Waals surface area contributed by atoms with Gasteiger partial charge in [-0.15, -0.1) is 0 Å². The van der Waals surface area contributed by atoms with Crippen LogP contribution in [0.15, 0.2) is 30.3 Å². The Morgan fingerprint density at radius 1 is 1.30 bits per heavy atom. The fraction of sp³-hybridized carbons (Fsp3) is 0.632. The number of rotatable bonds is 5. The number of ether oxygens (including phenoxy) is 1. The number of carbonyl (C=O) groups is 1. The molecule has 1 saturated carbocycles. The van der Waals surface area contributed by atoms with Gasteiger partial charge >= 0.3 is 0 Å². The van der Waals surface area contributed by atoms with E-state index < -0.39 is 0 Å². The summed E-state index contributed by atoms with van der Waals surface area (Å²) in [6, 6.07) is 10.9. The molecule has 2 unspecified atom stereocenters. The van der Waals surface area contributed by atoms with Gasteiger partial charge in [-0.3, -0.25) is 9.69 Å². The van der Waals surface area contributed by atoms with Gasteiger partial charge in [0.25, 0.3) is 0 Å². The van der Waals surface area contributed by atoms with E-state index in [0.717, 1.165) is 13.1 Å². The minimum Gasteiger partial charge on any atom is -0.376 e. The van der Waals surface area contributed by atoms with Crippen molar-refractivity contribution in [2.45, 2.75) is 50.7 Å². The van der Waals surface area contributed by atoms with Crippen molar-refractivity contribution in [3.63, 3.8) is 0 Å². The minimum absolute atomic E-state index is 0.133. The summed E-state index contributed by atoms with van der Waals surface area (Å²) in [4.78, 5) is 14.6. The molecule has 1 aromatic carbocycles. The largest absolute Gasteiger partial charge is 0.376 e. The Morgan fingerprint density at radius 2 is 2.04 bits per heavy atom. The Balaban J connectivity index is 1.54. The predicted molar refractivity (Wildman–Crippen MR) is 91.4 cm³/mol. The van der Waals surface area contributed by atoms with Gasteiger partial charge in [0.2, 0.25) is 5.91 Å². The standard InChI is InChI=1S/C19H28N2O2/c1-15-13-23-16(2)11-21(15)12-18(22)20-14-19(9-6-10-19)17-7-4-3-5-8-17/h3-5,7-8,15-16H,6,9-14H2,1-2H3,(H,20,22). The van der Waals surface area contributed by atoms with Gasteiger partial charge in [0.1, 0.15) is 0 Å². The molecule has 0 spiro atoms. The van der Waals surface area contributed by atoms with E-state index in [2.05, 4.69) is 54.4 Å². The lowest BCUT2D eigenvalue weighted by Crippen LogP contribution is -2.52. The Morgan fingerprint density at radius 3 is 2.70 bits per heavy atom. The smallest absolute Gasteiger partial charge is 0.234 e. The zero-order chi connectivity index (χ0) is 16.3. The highest BCUT2D eigenvalue weighted by Crippen LogP contribution is 2.43. The summed E-state index contributed by atoms with van der Waals surface area (Å²) < 4.78 is 5.63. The second-order valence-corrected chi connectivity index (χ2v) is 7.20. The quantitative estimate of drug-likeness (QED) is 0.906. The van der Waals surface area contributed by atoms with Gasteiger partial charge in [-0.05, 0) is 32.3 Å². The van der Waals surface area contributed by atoms with Crippen LogP contribution in [0.4, 0.5) is 0 Å². The third-order valence-corrected chi connectivity index (χ3v) is 5.40. The van der Waals surface area contributed by atoms with Crippen LogP contribution in [0.5, 0.6) is 0 Å². The van der Waals surface area contributed by atoms with Crippen LogP contribution in [0.1, 0.15) is 38.7 Å². The van der Waals surface area contributed by atoms with Crippen LogP contribution in [-0.4, -0.2) is 49.2 Å². The van der Waals surface area contributed by atoms with Crippen molar-refractivity contribution in [1.29, 1.82) is 0 Å². The lowest BCUT2D eigenvalue weighted by Gasteiger charge is -2.43. The van der Waals surface area contributed by atoms with E-state index in [0.29, 0.717) is 19.2 Å². The van der Waals surface area contributed by atoms with Crippen molar-refractivity contribution in [1.82, 2.24) is 10.2 Å². The van der Waals surface area contributed by atoms with Gasteiger partial charge in [-0.2, -0.15) is 0 Å². The molecule has 1 aliphatic carbocycles. The van der Waals surface area contributed by atoms with Gasteiger partial charge in [0.05, 0.1) is 19.3 Å². The molecule has 1 saturated heterocycles. The van der Waals surface area contributed by atoms with E-state index in [1.807, 2.05) is 0 Å². The second kappa shape index (κ2) is 7.02. The third-order valence-electron chi connectivity index (χ3n) is 5.40. The summed E-state index contributed by atoms with van der Waals surface area (Å²) in [5.74, 6) is 0.133. The summed E-state index contributed by atoms with van der Waals surface area (Å²) >= 11 is 0. The molecule has 2 aliphatic rings. The van der Waals surface area contributed by atoms with Gasteiger partial charge in [0, 0.05) is 24.5 Å². The number of nitrogens with zero attached hydrogens (tertiary/aromatic N) is 1. The molecule has 0 bridgehead atoms. The molecular weight excluding hydrogens is 288 g/mol. The Kier molecular flexibility index (Phi) is 5.02. The Bertz CT molecular complexity index is 527. The molecule has 1 aliphatic heterocycles. The molecule has 23 heavy (non-hydrogen) atoms. The first-order valence-electron chi connectivity index (χ1n) is 8.77. The second-order valence-electron chi connectivity index (χ2n) is 7.20. The molecule has 0 aromatic heterocycles. The van der Waals surface area contributed by atoms with E-state index in [-0.39, 0.29) is 17.4 Å². The van der Waals surface area contributed by atoms with E-state index in [9.17, 15) is 4.79 Å². The maximum absolute atomic E-state index is 12.4. The van der Waals surface area contributed by atoms with Crippen LogP contribution < -0.4 is 5.32 Å². The normalized spacial score (nSPS) is 27.2. The molecule has 1 heterocycles. The minimum atomic E-state index is 0.133. The average molecular weight is 316 g/mol. The lowest BCUT2D eigenvalue weighted by molar-refractivity contribution is -0.126. The van der Waals surface area contributed by atoms with Crippen molar-refractivity contribution in [3.8, 4) is 0 Å². The van der Waals surface area contributed by atoms with Crippen molar-refractivity contribution in [2.75, 3.05) is 26.2 Å². The van der Waals surface area contributed by atoms with Gasteiger partial charge in [-0.25, -0.2) is 0 Å². The number of amides is 1. The van der Waals surface area contributed by atoms with Crippen LogP contribution >= 0.6 is 0 Å². The molecule has 3 rings (SSSR count). The highest BCUT2D eigenvalue weighted by Gasteiger charge is 2.38. The first kappa shape index (κ1) is 16.5. The highest BCUT2D eigenvalue weighted by atomic mass is 16.5. The molecule has 0 radical (unpaired) electrons. The van der Waals surface area contributed by atoms with Crippen LogP contribution in [0, 0.1) is 0 Å². The number of nitrogens with one attached hydrogen (secondary N) is 1. The topological polar surface area (TPSA) is 41.6 Å². The maximum Gasteiger partial charge on any atom is 0.234 e. The van der Waals surface area contributed by atoms with Crippen molar-refractivity contribution in [3.05, 3.63) is 35.9 Å². The fourth-order valence-electron chi connectivity index (χ4n) is 3.66. The number of benzene rings is 1.